The number of hydrogen-bond acceptors (Lipinski definition) is 13. The Morgan fingerprint density at radius 3 is 1.97 bits per heavy atom. The Morgan fingerprint density at radius 1 is 0.971 bits per heavy atom. The van der Waals surface area contributed by atoms with Gasteiger partial charge in [0.1, 0.15) is 23.6 Å². The van der Waals surface area contributed by atoms with Gasteiger partial charge >= 0.3 is 29.8 Å². The monoisotopic (exact) mass is 569 g/mol. The predicted octanol–water partition coefficient (Wildman–Crippen LogP) is -1.13. The fraction of sp³-hybridized carbons (Fsp3) is 0.700. The van der Waals surface area contributed by atoms with E-state index in [0.29, 0.717) is 0 Å². The zero-order valence-electron chi connectivity index (χ0n) is 19.9. The van der Waals surface area contributed by atoms with E-state index < -0.39 is 83.4 Å². The van der Waals surface area contributed by atoms with Gasteiger partial charge in [-0.15, -0.1) is 0 Å². The maximum absolute atomic E-state index is 12.5. The molecule has 1 fully saturated rings. The van der Waals surface area contributed by atoms with Crippen LogP contribution in [0.25, 0.3) is 0 Å². The summed E-state index contributed by atoms with van der Waals surface area (Å²) >= 11 is 3.07. The standard InChI is InChI=1S/C20H28BrNO13/c1-8(23)22-14-16(15(33-11(4)26)13(32-10(3)25)7-31-9(2)24)35-20(29,19(28)30-6)18(21)17(14)34-12(5)27/h13-18,29H,7H2,1-6H3,(H,22,23)/t13-,14+,15-,16?,17?,18?,20+/m1/s1. The molecule has 35 heavy (non-hydrogen) atoms. The molecule has 0 bridgehead atoms. The number of halogens is 1. The van der Waals surface area contributed by atoms with Gasteiger partial charge < -0.3 is 38.8 Å². The van der Waals surface area contributed by atoms with Crippen LogP contribution < -0.4 is 5.32 Å². The molecule has 0 aromatic heterocycles. The lowest BCUT2D eigenvalue weighted by Gasteiger charge is -2.49. The van der Waals surface area contributed by atoms with Crippen LogP contribution in [0.5, 0.6) is 0 Å². The quantitative estimate of drug-likeness (QED) is 0.193. The second-order valence-corrected chi connectivity index (χ2v) is 8.48. The Kier molecular flexibility index (Phi) is 11.1. The van der Waals surface area contributed by atoms with E-state index in [1.807, 2.05) is 0 Å². The molecule has 0 aromatic carbocycles. The molecule has 0 spiro atoms. The Labute approximate surface area is 209 Å². The number of methoxy groups -OCH3 is 1. The van der Waals surface area contributed by atoms with Crippen molar-refractivity contribution in [1.82, 2.24) is 5.32 Å². The van der Waals surface area contributed by atoms with Crippen LogP contribution in [-0.2, 0) is 57.2 Å². The molecule has 3 unspecified atom stereocenters. The zero-order valence-corrected chi connectivity index (χ0v) is 21.5. The van der Waals surface area contributed by atoms with Crippen molar-refractivity contribution in [2.45, 2.75) is 75.7 Å². The summed E-state index contributed by atoms with van der Waals surface area (Å²) in [5.74, 6) is -8.24. The summed E-state index contributed by atoms with van der Waals surface area (Å²) in [5.41, 5.74) is 0. The molecular weight excluding hydrogens is 542 g/mol. The summed E-state index contributed by atoms with van der Waals surface area (Å²) in [4.78, 5) is 70.0. The van der Waals surface area contributed by atoms with Crippen molar-refractivity contribution < 1.29 is 62.3 Å². The third-order valence-corrected chi connectivity index (χ3v) is 5.74. The summed E-state index contributed by atoms with van der Waals surface area (Å²) in [7, 11) is 0.949. The Hall–Kier alpha value is -2.78. The largest absolute Gasteiger partial charge is 0.465 e. The Bertz CT molecular complexity index is 849. The SMILES string of the molecule is COC(=O)[C@@]1(O)OC([C@H](OC(C)=O)[C@@H](COC(C)=O)OC(C)=O)[C@H](NC(C)=O)C(OC(C)=O)C1Br. The maximum Gasteiger partial charge on any atom is 0.367 e. The van der Waals surface area contributed by atoms with Crippen LogP contribution in [-0.4, -0.2) is 95.6 Å². The van der Waals surface area contributed by atoms with Gasteiger partial charge in [0.15, 0.2) is 12.2 Å². The molecule has 2 N–H and O–H groups in total. The van der Waals surface area contributed by atoms with Crippen LogP contribution in [0, 0.1) is 0 Å². The summed E-state index contributed by atoms with van der Waals surface area (Å²) < 4.78 is 30.9. The zero-order chi connectivity index (χ0) is 27.1. The number of esters is 5. The van der Waals surface area contributed by atoms with Gasteiger partial charge in [0.05, 0.1) is 13.2 Å². The lowest BCUT2D eigenvalue weighted by Crippen LogP contribution is -2.73. The number of rotatable bonds is 9. The summed E-state index contributed by atoms with van der Waals surface area (Å²) in [6, 6.07) is -1.38. The molecule has 1 aliphatic rings. The number of alkyl halides is 1. The minimum absolute atomic E-state index is 0.633. The fourth-order valence-corrected chi connectivity index (χ4v) is 4.13. The molecule has 198 valence electrons. The minimum atomic E-state index is -2.84. The first kappa shape index (κ1) is 30.3. The molecule has 14 nitrogen and oxygen atoms in total. The van der Waals surface area contributed by atoms with E-state index in [0.717, 1.165) is 41.7 Å². The van der Waals surface area contributed by atoms with E-state index in [-0.39, 0.29) is 0 Å². The molecule has 7 atom stereocenters. The van der Waals surface area contributed by atoms with Gasteiger partial charge in [-0.1, -0.05) is 15.9 Å². The molecular formula is C20H28BrNO13. The molecule has 1 heterocycles. The van der Waals surface area contributed by atoms with E-state index in [1.54, 1.807) is 0 Å². The van der Waals surface area contributed by atoms with Crippen LogP contribution in [0.15, 0.2) is 0 Å². The van der Waals surface area contributed by atoms with E-state index in [1.165, 1.54) is 0 Å². The first-order valence-electron chi connectivity index (χ1n) is 10.2. The third kappa shape index (κ3) is 8.14. The molecule has 0 radical (unpaired) electrons. The fourth-order valence-electron chi connectivity index (χ4n) is 3.39. The van der Waals surface area contributed by atoms with Gasteiger partial charge in [-0.05, 0) is 0 Å². The number of amides is 1. The van der Waals surface area contributed by atoms with Crippen LogP contribution >= 0.6 is 15.9 Å². The number of aliphatic hydroxyl groups is 1. The minimum Gasteiger partial charge on any atom is -0.465 e. The highest BCUT2D eigenvalue weighted by atomic mass is 79.9. The highest BCUT2D eigenvalue weighted by Crippen LogP contribution is 2.38. The summed E-state index contributed by atoms with van der Waals surface area (Å²) in [6.07, 6.45) is -6.43. The van der Waals surface area contributed by atoms with Gasteiger partial charge in [0.2, 0.25) is 5.91 Å². The average Bonchev–Trinajstić information content (AvgIpc) is 2.73. The second kappa shape index (κ2) is 12.8. The van der Waals surface area contributed by atoms with Gasteiger partial charge in [0.25, 0.3) is 5.79 Å². The van der Waals surface area contributed by atoms with Gasteiger partial charge in [-0.25, -0.2) is 4.79 Å². The summed E-state index contributed by atoms with van der Waals surface area (Å²) in [6.45, 7) is 4.63. The first-order chi connectivity index (χ1) is 16.1. The lowest BCUT2D eigenvalue weighted by atomic mass is 9.88. The van der Waals surface area contributed by atoms with Gasteiger partial charge in [-0.2, -0.15) is 0 Å². The number of hydrogen-bond donors (Lipinski definition) is 2. The van der Waals surface area contributed by atoms with Crippen molar-refractivity contribution in [2.24, 2.45) is 0 Å². The van der Waals surface area contributed by atoms with Crippen molar-refractivity contribution in [3.8, 4) is 0 Å². The van der Waals surface area contributed by atoms with Crippen molar-refractivity contribution in [1.29, 1.82) is 0 Å². The average molecular weight is 570 g/mol. The van der Waals surface area contributed by atoms with Crippen LogP contribution in [0.1, 0.15) is 34.6 Å². The highest BCUT2D eigenvalue weighted by Gasteiger charge is 2.62. The predicted molar refractivity (Wildman–Crippen MR) is 115 cm³/mol. The van der Waals surface area contributed by atoms with E-state index in [4.69, 9.17) is 23.7 Å². The molecule has 1 rings (SSSR count). The maximum atomic E-state index is 12.5. The molecule has 1 saturated heterocycles. The topological polar surface area (TPSA) is 190 Å². The third-order valence-electron chi connectivity index (χ3n) is 4.60. The number of carbonyl (C=O) groups excluding carboxylic acids is 6. The smallest absolute Gasteiger partial charge is 0.367 e. The Balaban J connectivity index is 3.74. The van der Waals surface area contributed by atoms with E-state index in [2.05, 4.69) is 26.0 Å². The molecule has 1 aliphatic heterocycles. The summed E-state index contributed by atoms with van der Waals surface area (Å²) in [5, 5.41) is 13.6. The molecule has 0 saturated carbocycles. The molecule has 0 aliphatic carbocycles. The lowest BCUT2D eigenvalue weighted by molar-refractivity contribution is -0.294. The van der Waals surface area contributed by atoms with E-state index in [9.17, 15) is 33.9 Å². The number of ether oxygens (including phenoxy) is 6. The van der Waals surface area contributed by atoms with E-state index >= 15 is 0 Å². The van der Waals surface area contributed by atoms with Gasteiger partial charge in [-0.3, -0.25) is 24.0 Å². The van der Waals surface area contributed by atoms with Crippen molar-refractivity contribution in [3.05, 3.63) is 0 Å². The van der Waals surface area contributed by atoms with Crippen LogP contribution in [0.4, 0.5) is 0 Å². The van der Waals surface area contributed by atoms with Crippen molar-refractivity contribution in [2.75, 3.05) is 13.7 Å². The van der Waals surface area contributed by atoms with Crippen molar-refractivity contribution >= 4 is 51.7 Å². The molecule has 0 aromatic rings. The number of carbonyl (C=O) groups is 6. The normalized spacial score (nSPS) is 27.4. The van der Waals surface area contributed by atoms with Crippen LogP contribution in [0.2, 0.25) is 0 Å². The molecule has 15 heteroatoms. The second-order valence-electron chi connectivity index (χ2n) is 7.50. The first-order valence-corrected chi connectivity index (χ1v) is 11.1. The highest BCUT2D eigenvalue weighted by molar-refractivity contribution is 9.09. The van der Waals surface area contributed by atoms with Crippen LogP contribution in [0.3, 0.4) is 0 Å². The van der Waals surface area contributed by atoms with Crippen molar-refractivity contribution in [3.63, 3.8) is 0 Å². The number of nitrogens with one attached hydrogen (secondary N) is 1. The van der Waals surface area contributed by atoms with Gasteiger partial charge in [0, 0.05) is 34.6 Å². The Morgan fingerprint density at radius 2 is 1.54 bits per heavy atom. The molecule has 1 amide bonds.